The molecule has 2 aromatic rings. The van der Waals surface area contributed by atoms with Crippen molar-refractivity contribution in [1.82, 2.24) is 0 Å². The van der Waals surface area contributed by atoms with Gasteiger partial charge in [-0.2, -0.15) is 36.4 Å². The molecule has 11 heteroatoms. The van der Waals surface area contributed by atoms with Gasteiger partial charge in [0.2, 0.25) is 0 Å². The minimum absolute atomic E-state index is 0. The fourth-order valence-corrected chi connectivity index (χ4v) is 3.98. The molecule has 0 aliphatic rings. The molecule has 2 atom stereocenters. The van der Waals surface area contributed by atoms with E-state index >= 15 is 0 Å². The van der Waals surface area contributed by atoms with E-state index in [9.17, 15) is 0 Å². The number of benzene rings is 2. The molecular weight excluding hydrogens is 816 g/mol. The fourth-order valence-electron chi connectivity index (χ4n) is 1.61. The van der Waals surface area contributed by atoms with Gasteiger partial charge in [0.15, 0.2) is 0 Å². The largest absolute Gasteiger partial charge is 2.00 e. The molecule has 29 heavy (non-hydrogen) atoms. The van der Waals surface area contributed by atoms with Gasteiger partial charge in [-0.05, 0) is 17.9 Å². The Labute approximate surface area is 217 Å². The molecule has 0 amide bonds. The Morgan fingerprint density at radius 1 is 0.690 bits per heavy atom. The molecule has 0 heterocycles. The van der Waals surface area contributed by atoms with Crippen LogP contribution in [0.15, 0.2) is 42.2 Å². The average molecular weight is 834 g/mol. The van der Waals surface area contributed by atoms with Crippen LogP contribution in [-0.2, 0) is 21.1 Å². The summed E-state index contributed by atoms with van der Waals surface area (Å²) in [6.07, 6.45) is -1.73. The summed E-state index contributed by atoms with van der Waals surface area (Å²) < 4.78 is 13.6. The summed E-state index contributed by atoms with van der Waals surface area (Å²) in [5.74, 6) is 1.19. The first-order valence-corrected chi connectivity index (χ1v) is 11.0. The van der Waals surface area contributed by atoms with Gasteiger partial charge in [-0.25, -0.2) is 0 Å². The quantitative estimate of drug-likeness (QED) is 0.305. The molecule has 0 aliphatic heterocycles. The molecule has 2 aromatic carbocycles. The number of aliphatic hydroxyl groups excluding tert-OH is 4. The van der Waals surface area contributed by atoms with Gasteiger partial charge in [-0.15, -0.1) is 63.7 Å². The molecule has 0 aromatic heterocycles. The molecule has 0 bridgehead atoms. The maximum absolute atomic E-state index is 9.09. The van der Waals surface area contributed by atoms with Gasteiger partial charge >= 0.3 is 21.1 Å². The van der Waals surface area contributed by atoms with Gasteiger partial charge in [0.05, 0.1) is 13.2 Å². The normalized spacial score (nSPS) is 12.1. The minimum atomic E-state index is -0.863. The van der Waals surface area contributed by atoms with E-state index in [2.05, 4.69) is 75.9 Å². The standard InChI is InChI=1S/2C9H9Br2O3.W/c2*10-7-2-1-3-8(11)9(7)14-5-6(13)4-12;/h2*2-3,6,12-13H,4-5H2;/q2*-1;+2. The molecule has 4 N–H and O–H groups in total. The van der Waals surface area contributed by atoms with Gasteiger partial charge in [0.25, 0.3) is 0 Å². The SMILES string of the molecule is OCC(O)COc1c(Br)c[c-]cc1Br.OCC(O)COc1c(Br)c[c-]cc1Br.[W+2]. The molecule has 0 saturated carbocycles. The Hall–Kier alpha value is 0.488. The molecule has 0 radical (unpaired) electrons. The maximum Gasteiger partial charge on any atom is 2.00 e. The second-order valence-corrected chi connectivity index (χ2v) is 8.67. The zero-order valence-corrected chi connectivity index (χ0v) is 24.1. The van der Waals surface area contributed by atoms with E-state index in [0.29, 0.717) is 11.5 Å². The van der Waals surface area contributed by atoms with Crippen molar-refractivity contribution < 1.29 is 51.0 Å². The Balaban J connectivity index is 0.000000523. The Morgan fingerprint density at radius 2 is 0.966 bits per heavy atom. The van der Waals surface area contributed by atoms with E-state index in [1.54, 1.807) is 24.3 Å². The van der Waals surface area contributed by atoms with Crippen LogP contribution >= 0.6 is 63.7 Å². The van der Waals surface area contributed by atoms with Crippen LogP contribution in [0.3, 0.4) is 0 Å². The molecule has 0 spiro atoms. The number of hydrogen-bond donors (Lipinski definition) is 4. The second-order valence-electron chi connectivity index (χ2n) is 5.26. The smallest absolute Gasteiger partial charge is 0.514 e. The van der Waals surface area contributed by atoms with Crippen molar-refractivity contribution in [2.45, 2.75) is 12.2 Å². The van der Waals surface area contributed by atoms with Crippen molar-refractivity contribution in [1.29, 1.82) is 0 Å². The molecule has 6 nitrogen and oxygen atoms in total. The van der Waals surface area contributed by atoms with Gasteiger partial charge in [-0.3, -0.25) is 0 Å². The number of hydrogen-bond acceptors (Lipinski definition) is 6. The first-order valence-electron chi connectivity index (χ1n) is 7.83. The van der Waals surface area contributed by atoms with Crippen molar-refractivity contribution in [2.24, 2.45) is 0 Å². The summed E-state index contributed by atoms with van der Waals surface area (Å²) in [6.45, 7) is -0.516. The number of aliphatic hydroxyl groups is 4. The number of halogens is 4. The number of rotatable bonds is 8. The second kappa shape index (κ2) is 16.2. The van der Waals surface area contributed by atoms with E-state index in [1.165, 1.54) is 0 Å². The van der Waals surface area contributed by atoms with Crippen LogP contribution in [0, 0.1) is 12.1 Å². The van der Waals surface area contributed by atoms with E-state index in [1.807, 2.05) is 0 Å². The van der Waals surface area contributed by atoms with Crippen molar-refractivity contribution in [2.75, 3.05) is 26.4 Å². The Bertz CT molecular complexity index is 635. The van der Waals surface area contributed by atoms with Gasteiger partial charge in [0.1, 0.15) is 25.4 Å². The van der Waals surface area contributed by atoms with Crippen LogP contribution in [-0.4, -0.2) is 59.1 Å². The number of ether oxygens (including phenoxy) is 2. The monoisotopic (exact) mass is 830 g/mol. The molecule has 2 rings (SSSR count). The minimum Gasteiger partial charge on any atom is -0.514 e. The maximum atomic E-state index is 9.09. The molecule has 0 saturated heterocycles. The van der Waals surface area contributed by atoms with E-state index in [4.69, 9.17) is 29.9 Å². The molecule has 0 fully saturated rings. The summed E-state index contributed by atoms with van der Waals surface area (Å²) >= 11 is 13.2. The van der Waals surface area contributed by atoms with Gasteiger partial charge < -0.3 is 29.9 Å². The van der Waals surface area contributed by atoms with E-state index in [0.717, 1.165) is 17.9 Å². The molecule has 2 unspecified atom stereocenters. The van der Waals surface area contributed by atoms with Crippen molar-refractivity contribution in [3.63, 3.8) is 0 Å². The predicted octanol–water partition coefficient (Wildman–Crippen LogP) is 3.49. The van der Waals surface area contributed by atoms with Gasteiger partial charge in [-0.1, -0.05) is 0 Å². The van der Waals surface area contributed by atoms with Gasteiger partial charge in [0, 0.05) is 11.5 Å². The first-order chi connectivity index (χ1) is 13.3. The third-order valence-electron chi connectivity index (χ3n) is 2.97. The zero-order chi connectivity index (χ0) is 21.1. The Morgan fingerprint density at radius 3 is 1.21 bits per heavy atom. The summed E-state index contributed by atoms with van der Waals surface area (Å²) in [4.78, 5) is 0. The van der Waals surface area contributed by atoms with Crippen LogP contribution in [0.25, 0.3) is 0 Å². The summed E-state index contributed by atoms with van der Waals surface area (Å²) in [5, 5.41) is 35.4. The Kier molecular flexibility index (Phi) is 16.4. The predicted molar refractivity (Wildman–Crippen MR) is 119 cm³/mol. The van der Waals surface area contributed by atoms with Crippen LogP contribution in [0.4, 0.5) is 0 Å². The van der Waals surface area contributed by atoms with Crippen LogP contribution in [0.5, 0.6) is 11.5 Å². The molecule has 0 aliphatic carbocycles. The third kappa shape index (κ3) is 11.1. The fraction of sp³-hybridized carbons (Fsp3) is 0.333. The molecule has 160 valence electrons. The average Bonchev–Trinajstić information content (AvgIpc) is 2.67. The zero-order valence-electron chi connectivity index (χ0n) is 14.8. The van der Waals surface area contributed by atoms with Crippen molar-refractivity contribution in [3.8, 4) is 11.5 Å². The summed E-state index contributed by atoms with van der Waals surface area (Å²) in [7, 11) is 0. The van der Waals surface area contributed by atoms with Crippen LogP contribution in [0.2, 0.25) is 0 Å². The summed E-state index contributed by atoms with van der Waals surface area (Å²) in [6, 6.07) is 12.6. The third-order valence-corrected chi connectivity index (χ3v) is 5.33. The summed E-state index contributed by atoms with van der Waals surface area (Å²) in [5.41, 5.74) is 0. The first kappa shape index (κ1) is 29.5. The molecular formula is C18H18Br4O6W. The van der Waals surface area contributed by atoms with Crippen molar-refractivity contribution in [3.05, 3.63) is 54.3 Å². The van der Waals surface area contributed by atoms with Crippen LogP contribution in [0.1, 0.15) is 0 Å². The van der Waals surface area contributed by atoms with Crippen LogP contribution < -0.4 is 9.47 Å². The van der Waals surface area contributed by atoms with E-state index in [-0.39, 0.29) is 47.5 Å². The topological polar surface area (TPSA) is 99.4 Å². The van der Waals surface area contributed by atoms with Crippen molar-refractivity contribution >= 4 is 63.7 Å². The van der Waals surface area contributed by atoms with E-state index < -0.39 is 12.2 Å².